The second-order valence-corrected chi connectivity index (χ2v) is 6.97. The maximum Gasteiger partial charge on any atom is 0.243 e. The average molecular weight is 388 g/mol. The molecule has 144 valence electrons. The summed E-state index contributed by atoms with van der Waals surface area (Å²) in [4.78, 5) is 28.1. The average Bonchev–Trinajstić information content (AvgIpc) is 2.64. The zero-order valence-corrected chi connectivity index (χ0v) is 16.8. The molecule has 6 heteroatoms. The van der Waals surface area contributed by atoms with Crippen molar-refractivity contribution in [1.82, 2.24) is 9.80 Å². The first-order valence-electron chi connectivity index (χ1n) is 8.95. The van der Waals surface area contributed by atoms with Crippen LogP contribution in [0.2, 0.25) is 5.02 Å². The van der Waals surface area contributed by atoms with Crippen LogP contribution in [-0.2, 0) is 16.1 Å². The summed E-state index contributed by atoms with van der Waals surface area (Å²) in [7, 11) is 1.64. The van der Waals surface area contributed by atoms with E-state index in [1.54, 1.807) is 7.05 Å². The number of benzene rings is 2. The second kappa shape index (κ2) is 10.1. The molecule has 2 amide bonds. The van der Waals surface area contributed by atoms with Gasteiger partial charge in [0, 0.05) is 24.3 Å². The van der Waals surface area contributed by atoms with E-state index in [1.165, 1.54) is 4.90 Å². The summed E-state index contributed by atoms with van der Waals surface area (Å²) < 4.78 is 0. The summed E-state index contributed by atoms with van der Waals surface area (Å²) in [6, 6.07) is 15.2. The van der Waals surface area contributed by atoms with Gasteiger partial charge in [0.05, 0.1) is 13.1 Å². The van der Waals surface area contributed by atoms with E-state index in [4.69, 9.17) is 11.6 Å². The zero-order valence-electron chi connectivity index (χ0n) is 16.0. The number of likely N-dealkylation sites (N-methyl/N-ethyl adjacent to an activating group) is 2. The van der Waals surface area contributed by atoms with Crippen LogP contribution in [0.3, 0.4) is 0 Å². The predicted octanol–water partition coefficient (Wildman–Crippen LogP) is 3.57. The Morgan fingerprint density at radius 3 is 2.33 bits per heavy atom. The zero-order chi connectivity index (χ0) is 19.8. The fourth-order valence-corrected chi connectivity index (χ4v) is 2.80. The molecule has 0 saturated carbocycles. The van der Waals surface area contributed by atoms with Gasteiger partial charge in [-0.2, -0.15) is 0 Å². The first-order valence-corrected chi connectivity index (χ1v) is 9.33. The van der Waals surface area contributed by atoms with Crippen molar-refractivity contribution in [3.05, 3.63) is 64.7 Å². The highest BCUT2D eigenvalue weighted by Gasteiger charge is 2.17. The van der Waals surface area contributed by atoms with Crippen molar-refractivity contribution in [2.24, 2.45) is 0 Å². The highest BCUT2D eigenvalue weighted by molar-refractivity contribution is 6.31. The van der Waals surface area contributed by atoms with Gasteiger partial charge in [-0.1, -0.05) is 54.4 Å². The van der Waals surface area contributed by atoms with Crippen LogP contribution < -0.4 is 5.32 Å². The Morgan fingerprint density at radius 1 is 1.04 bits per heavy atom. The van der Waals surface area contributed by atoms with Crippen molar-refractivity contribution >= 4 is 29.1 Å². The molecule has 0 saturated heterocycles. The molecule has 2 rings (SSSR count). The number of carbonyl (C=O) groups excluding carboxylic acids is 2. The molecule has 27 heavy (non-hydrogen) atoms. The summed E-state index contributed by atoms with van der Waals surface area (Å²) in [6.45, 7) is 5.52. The summed E-state index contributed by atoms with van der Waals surface area (Å²) >= 11 is 6.21. The summed E-state index contributed by atoms with van der Waals surface area (Å²) in [5, 5.41) is 3.49. The molecule has 0 aliphatic rings. The maximum absolute atomic E-state index is 12.5. The molecule has 0 heterocycles. The van der Waals surface area contributed by atoms with Crippen molar-refractivity contribution in [2.45, 2.75) is 20.4 Å². The van der Waals surface area contributed by atoms with E-state index in [9.17, 15) is 9.59 Å². The quantitative estimate of drug-likeness (QED) is 0.753. The predicted molar refractivity (Wildman–Crippen MR) is 110 cm³/mol. The largest absolute Gasteiger partial charge is 0.335 e. The molecule has 0 bridgehead atoms. The third-order valence-corrected chi connectivity index (χ3v) is 4.67. The second-order valence-electron chi connectivity index (χ2n) is 6.56. The Bertz CT molecular complexity index is 777. The van der Waals surface area contributed by atoms with E-state index in [0.717, 1.165) is 16.8 Å². The monoisotopic (exact) mass is 387 g/mol. The van der Waals surface area contributed by atoms with Crippen molar-refractivity contribution in [1.29, 1.82) is 0 Å². The van der Waals surface area contributed by atoms with Crippen LogP contribution in [0.5, 0.6) is 0 Å². The Kier molecular flexibility index (Phi) is 7.82. The van der Waals surface area contributed by atoms with Crippen LogP contribution >= 0.6 is 11.6 Å². The molecule has 5 nitrogen and oxygen atoms in total. The lowest BCUT2D eigenvalue weighted by Gasteiger charge is -2.24. The molecule has 2 aromatic carbocycles. The van der Waals surface area contributed by atoms with Crippen LogP contribution in [-0.4, -0.2) is 48.3 Å². The van der Waals surface area contributed by atoms with E-state index < -0.39 is 0 Å². The third kappa shape index (κ3) is 6.70. The fourth-order valence-electron chi connectivity index (χ4n) is 2.60. The van der Waals surface area contributed by atoms with E-state index in [-0.39, 0.29) is 24.9 Å². The minimum absolute atomic E-state index is 0.0103. The molecule has 1 N–H and O–H groups in total. The normalized spacial score (nSPS) is 10.7. The van der Waals surface area contributed by atoms with Crippen LogP contribution in [0, 0.1) is 6.92 Å². The van der Waals surface area contributed by atoms with Gasteiger partial charge < -0.3 is 10.2 Å². The highest BCUT2D eigenvalue weighted by Crippen LogP contribution is 2.17. The van der Waals surface area contributed by atoms with Gasteiger partial charge in [0.1, 0.15) is 0 Å². The van der Waals surface area contributed by atoms with Gasteiger partial charge in [0.2, 0.25) is 11.8 Å². The fraction of sp³-hybridized carbons (Fsp3) is 0.333. The van der Waals surface area contributed by atoms with Crippen molar-refractivity contribution in [3.63, 3.8) is 0 Å². The van der Waals surface area contributed by atoms with Gasteiger partial charge >= 0.3 is 0 Å². The van der Waals surface area contributed by atoms with Gasteiger partial charge in [-0.25, -0.2) is 0 Å². The number of nitrogens with one attached hydrogen (secondary N) is 1. The van der Waals surface area contributed by atoms with Gasteiger partial charge in [-0.05, 0) is 37.2 Å². The van der Waals surface area contributed by atoms with Crippen molar-refractivity contribution in [2.75, 3.05) is 32.0 Å². The standard InChI is InChI=1S/C21H26ClN3O2/c1-4-25(13-17-7-5-6-8-19(17)22)15-21(27)24(3)14-20(26)23-18-11-9-16(2)10-12-18/h5-12H,4,13-15H2,1-3H3,(H,23,26). The number of rotatable bonds is 8. The summed E-state index contributed by atoms with van der Waals surface area (Å²) in [5.74, 6) is -0.327. The molecule has 0 aliphatic heterocycles. The smallest absolute Gasteiger partial charge is 0.243 e. The molecule has 0 spiro atoms. The molecular weight excluding hydrogens is 362 g/mol. The Hall–Kier alpha value is -2.37. The molecular formula is C21H26ClN3O2. The van der Waals surface area contributed by atoms with E-state index in [0.29, 0.717) is 18.1 Å². The van der Waals surface area contributed by atoms with E-state index in [1.807, 2.05) is 67.3 Å². The first-order chi connectivity index (χ1) is 12.9. The number of carbonyl (C=O) groups is 2. The van der Waals surface area contributed by atoms with E-state index in [2.05, 4.69) is 5.32 Å². The minimum Gasteiger partial charge on any atom is -0.335 e. The van der Waals surface area contributed by atoms with Crippen LogP contribution in [0.1, 0.15) is 18.1 Å². The van der Waals surface area contributed by atoms with Crippen LogP contribution in [0.15, 0.2) is 48.5 Å². The lowest BCUT2D eigenvalue weighted by Crippen LogP contribution is -2.41. The maximum atomic E-state index is 12.5. The molecule has 0 aromatic heterocycles. The number of nitrogens with zero attached hydrogens (tertiary/aromatic N) is 2. The minimum atomic E-state index is -0.219. The number of anilines is 1. The number of amides is 2. The number of hydrogen-bond donors (Lipinski definition) is 1. The topological polar surface area (TPSA) is 52.7 Å². The SMILES string of the molecule is CCN(CC(=O)N(C)CC(=O)Nc1ccc(C)cc1)Cc1ccccc1Cl. The van der Waals surface area contributed by atoms with Crippen molar-refractivity contribution in [3.8, 4) is 0 Å². The molecule has 0 unspecified atom stereocenters. The summed E-state index contributed by atoms with van der Waals surface area (Å²) in [5.41, 5.74) is 2.83. The lowest BCUT2D eigenvalue weighted by atomic mass is 10.2. The molecule has 0 atom stereocenters. The van der Waals surface area contributed by atoms with Crippen molar-refractivity contribution < 1.29 is 9.59 Å². The summed E-state index contributed by atoms with van der Waals surface area (Å²) in [6.07, 6.45) is 0. The first kappa shape index (κ1) is 20.9. The van der Waals surface area contributed by atoms with Gasteiger partial charge in [-0.15, -0.1) is 0 Å². The molecule has 0 radical (unpaired) electrons. The Morgan fingerprint density at radius 2 is 1.70 bits per heavy atom. The van der Waals surface area contributed by atoms with Gasteiger partial charge in [-0.3, -0.25) is 14.5 Å². The third-order valence-electron chi connectivity index (χ3n) is 4.30. The van der Waals surface area contributed by atoms with Crippen LogP contribution in [0.25, 0.3) is 0 Å². The van der Waals surface area contributed by atoms with Gasteiger partial charge in [0.25, 0.3) is 0 Å². The van der Waals surface area contributed by atoms with Gasteiger partial charge in [0.15, 0.2) is 0 Å². The van der Waals surface area contributed by atoms with Crippen LogP contribution in [0.4, 0.5) is 5.69 Å². The van der Waals surface area contributed by atoms with E-state index >= 15 is 0 Å². The molecule has 0 aliphatic carbocycles. The number of hydrogen-bond acceptors (Lipinski definition) is 3. The molecule has 2 aromatic rings. The highest BCUT2D eigenvalue weighted by atomic mass is 35.5. The molecule has 0 fully saturated rings. The Balaban J connectivity index is 1.86. The Labute approximate surface area is 165 Å². The lowest BCUT2D eigenvalue weighted by molar-refractivity contribution is -0.134. The number of halogens is 1. The number of aryl methyl sites for hydroxylation is 1.